The van der Waals surface area contributed by atoms with Crippen LogP contribution in [0.25, 0.3) is 11.1 Å². The number of rotatable bonds is 5. The molecule has 2 aliphatic rings. The Hall–Kier alpha value is -7.03. The van der Waals surface area contributed by atoms with Crippen LogP contribution in [-0.2, 0) is 6.54 Å². The lowest BCUT2D eigenvalue weighted by molar-refractivity contribution is 1.06. The van der Waals surface area contributed by atoms with Gasteiger partial charge in [-0.15, -0.1) is 12.8 Å². The van der Waals surface area contributed by atoms with Crippen molar-refractivity contribution < 1.29 is 0 Å². The molecule has 5 aromatic rings. The Morgan fingerprint density at radius 3 is 2.08 bits per heavy atom. The average molecular weight is 674 g/mol. The van der Waals surface area contributed by atoms with Crippen LogP contribution >= 0.6 is 0 Å². The van der Waals surface area contributed by atoms with Crippen LogP contribution < -0.4 is 9.80 Å². The van der Waals surface area contributed by atoms with Crippen molar-refractivity contribution in [3.8, 4) is 12.8 Å². The number of hydrogen-bond donors (Lipinski definition) is 0. The number of anilines is 3. The van der Waals surface area contributed by atoms with E-state index >= 15 is 0 Å². The van der Waals surface area contributed by atoms with Crippen LogP contribution in [0.15, 0.2) is 198 Å². The van der Waals surface area contributed by atoms with Gasteiger partial charge in [-0.25, -0.2) is 4.99 Å². The van der Waals surface area contributed by atoms with Crippen molar-refractivity contribution in [1.82, 2.24) is 0 Å². The van der Waals surface area contributed by atoms with E-state index in [1.165, 1.54) is 0 Å². The molecular formula is C47H39N5. The summed E-state index contributed by atoms with van der Waals surface area (Å²) in [7, 11) is 0. The monoisotopic (exact) mass is 673 g/mol. The molecule has 5 aromatic carbocycles. The van der Waals surface area contributed by atoms with Gasteiger partial charge in [0.2, 0.25) is 0 Å². The molecule has 0 amide bonds. The maximum absolute atomic E-state index is 5.20. The molecule has 2 aliphatic heterocycles. The Kier molecular flexibility index (Phi) is 11.1. The first kappa shape index (κ1) is 34.8. The van der Waals surface area contributed by atoms with Crippen molar-refractivity contribution in [2.75, 3.05) is 9.80 Å². The van der Waals surface area contributed by atoms with Gasteiger partial charge in [0.25, 0.3) is 0 Å². The summed E-state index contributed by atoms with van der Waals surface area (Å²) in [6.07, 6.45) is 19.9. The summed E-state index contributed by atoms with van der Waals surface area (Å²) >= 11 is 0. The molecule has 0 spiro atoms. The number of para-hydroxylation sites is 3. The molecule has 0 unspecified atom stereocenters. The molecule has 5 nitrogen and oxygen atoms in total. The summed E-state index contributed by atoms with van der Waals surface area (Å²) in [4.78, 5) is 19.6. The van der Waals surface area contributed by atoms with Crippen LogP contribution in [-0.4, -0.2) is 17.4 Å². The van der Waals surface area contributed by atoms with Crippen LogP contribution in [0, 0.1) is 12.8 Å². The Morgan fingerprint density at radius 2 is 1.33 bits per heavy atom. The second-order valence-electron chi connectivity index (χ2n) is 11.9. The van der Waals surface area contributed by atoms with E-state index in [0.717, 1.165) is 67.6 Å². The third kappa shape index (κ3) is 7.57. The fraction of sp³-hybridized carbons (Fsp3) is 0.0426. The highest BCUT2D eigenvalue weighted by atomic mass is 15.2. The van der Waals surface area contributed by atoms with Gasteiger partial charge in [0.15, 0.2) is 5.84 Å². The van der Waals surface area contributed by atoms with Gasteiger partial charge in [0.1, 0.15) is 5.84 Å². The largest absolute Gasteiger partial charge is 0.315 e. The second kappa shape index (κ2) is 16.6. The summed E-state index contributed by atoms with van der Waals surface area (Å²) in [6.45, 7) is 11.6. The van der Waals surface area contributed by atoms with Crippen molar-refractivity contribution in [3.63, 3.8) is 0 Å². The lowest BCUT2D eigenvalue weighted by Gasteiger charge is -2.30. The smallest absolute Gasteiger partial charge is 0.156 e. The maximum atomic E-state index is 5.20. The number of terminal acetylenes is 1. The number of allylic oxidation sites excluding steroid dienone is 5. The van der Waals surface area contributed by atoms with Gasteiger partial charge in [-0.3, -0.25) is 9.98 Å². The zero-order valence-electron chi connectivity index (χ0n) is 29.2. The van der Waals surface area contributed by atoms with Crippen molar-refractivity contribution in [2.45, 2.75) is 13.5 Å². The van der Waals surface area contributed by atoms with E-state index in [9.17, 15) is 0 Å². The minimum atomic E-state index is 0.515. The molecule has 52 heavy (non-hydrogen) atoms. The normalized spacial score (nSPS) is 16.0. The molecule has 5 heteroatoms. The molecule has 0 fully saturated rings. The molecule has 0 saturated heterocycles. The molecule has 0 aliphatic carbocycles. The second-order valence-corrected chi connectivity index (χ2v) is 11.9. The zero-order valence-corrected chi connectivity index (χ0v) is 29.2. The van der Waals surface area contributed by atoms with E-state index in [-0.39, 0.29) is 0 Å². The number of aliphatic imine (C=N–C) groups is 3. The molecule has 0 bridgehead atoms. The molecule has 0 radical (unpaired) electrons. The van der Waals surface area contributed by atoms with Crippen molar-refractivity contribution in [3.05, 3.63) is 211 Å². The Balaban J connectivity index is 0.00000228. The van der Waals surface area contributed by atoms with Crippen LogP contribution in [0.1, 0.15) is 34.7 Å². The highest BCUT2D eigenvalue weighted by molar-refractivity contribution is 6.35. The minimum Gasteiger partial charge on any atom is -0.315 e. The standard InChI is InChI=1S/C45H37N5.C2H2/c1-33-18-15-16-30-49(35(3)48-45(37-21-9-5-10-22-37)47-32-36-19-7-4-8-20-36)44-39(33)26-17-27-41(44)43-34(2)40-25-13-14-28-42(40)50(31-29-46-43)38-23-11-6-12-24-38;1-2/h4-31H,1-2,32H2,3H3;1-2H/b18-15-,30-16-,31-29-,46-43?,47-45?,48-35?;. The van der Waals surface area contributed by atoms with Crippen molar-refractivity contribution in [2.24, 2.45) is 15.0 Å². The lowest BCUT2D eigenvalue weighted by Crippen LogP contribution is -2.27. The highest BCUT2D eigenvalue weighted by Crippen LogP contribution is 2.39. The summed E-state index contributed by atoms with van der Waals surface area (Å²) in [5.74, 6) is 1.40. The molecule has 7 rings (SSSR count). The van der Waals surface area contributed by atoms with Gasteiger partial charge in [0, 0.05) is 52.1 Å². The van der Waals surface area contributed by atoms with E-state index in [1.807, 2.05) is 117 Å². The molecule has 0 N–H and O–H groups in total. The predicted octanol–water partition coefficient (Wildman–Crippen LogP) is 11.0. The van der Waals surface area contributed by atoms with Crippen LogP contribution in [0.4, 0.5) is 17.1 Å². The van der Waals surface area contributed by atoms with E-state index in [1.54, 1.807) is 0 Å². The summed E-state index contributed by atoms with van der Waals surface area (Å²) in [5.41, 5.74) is 10.4. The third-order valence-corrected chi connectivity index (χ3v) is 8.65. The average Bonchev–Trinajstić information content (AvgIpc) is 3.19. The highest BCUT2D eigenvalue weighted by Gasteiger charge is 2.26. The number of amidine groups is 2. The SMILES string of the molecule is C#C.C=C1C(c2cccc3c2N(C(C)=NC(=NCc2ccccc2)c2ccccc2)/C=C\C=C/C3=C)=N/C=C\N(c2ccccc2)c2ccccc21. The molecule has 0 saturated carbocycles. The topological polar surface area (TPSA) is 43.6 Å². The first-order valence-electron chi connectivity index (χ1n) is 16.9. The number of hydrogen-bond acceptors (Lipinski definition) is 3. The third-order valence-electron chi connectivity index (χ3n) is 8.65. The maximum Gasteiger partial charge on any atom is 0.156 e. The number of nitrogens with zero attached hydrogens (tertiary/aromatic N) is 5. The lowest BCUT2D eigenvalue weighted by atomic mass is 9.90. The van der Waals surface area contributed by atoms with Gasteiger partial charge in [-0.2, -0.15) is 0 Å². The molecule has 0 atom stereocenters. The summed E-state index contributed by atoms with van der Waals surface area (Å²) in [6, 6.07) is 45.2. The first-order chi connectivity index (χ1) is 25.6. The van der Waals surface area contributed by atoms with Crippen LogP contribution in [0.2, 0.25) is 0 Å². The van der Waals surface area contributed by atoms with Crippen molar-refractivity contribution in [1.29, 1.82) is 0 Å². The molecule has 2 heterocycles. The van der Waals surface area contributed by atoms with E-state index in [0.29, 0.717) is 12.4 Å². The van der Waals surface area contributed by atoms with Gasteiger partial charge < -0.3 is 9.80 Å². The van der Waals surface area contributed by atoms with Crippen molar-refractivity contribution >= 4 is 45.6 Å². The fourth-order valence-electron chi connectivity index (χ4n) is 6.17. The Morgan fingerprint density at radius 1 is 0.692 bits per heavy atom. The minimum absolute atomic E-state index is 0.515. The molecular weight excluding hydrogens is 635 g/mol. The molecule has 0 aromatic heterocycles. The van der Waals surface area contributed by atoms with Gasteiger partial charge in [0.05, 0.1) is 23.6 Å². The Labute approximate surface area is 307 Å². The van der Waals surface area contributed by atoms with Gasteiger partial charge in [-0.1, -0.05) is 141 Å². The summed E-state index contributed by atoms with van der Waals surface area (Å²) < 4.78 is 0. The predicted molar refractivity (Wildman–Crippen MR) is 222 cm³/mol. The quantitative estimate of drug-likeness (QED) is 0.106. The Bertz CT molecular complexity index is 2270. The number of benzene rings is 5. The van der Waals surface area contributed by atoms with Gasteiger partial charge in [-0.05, 0) is 42.3 Å². The van der Waals surface area contributed by atoms with E-state index in [4.69, 9.17) is 15.0 Å². The number of fused-ring (bicyclic) bond motifs is 2. The fourth-order valence-corrected chi connectivity index (χ4v) is 6.17. The molecule has 252 valence electrons. The summed E-state index contributed by atoms with van der Waals surface area (Å²) in [5, 5.41) is 0. The van der Waals surface area contributed by atoms with E-state index in [2.05, 4.69) is 96.5 Å². The first-order valence-corrected chi connectivity index (χ1v) is 16.9. The van der Waals surface area contributed by atoms with Crippen LogP contribution in [0.3, 0.4) is 0 Å². The zero-order chi connectivity index (χ0) is 36.3. The van der Waals surface area contributed by atoms with E-state index < -0.39 is 0 Å². The van der Waals surface area contributed by atoms with Gasteiger partial charge >= 0.3 is 0 Å². The van der Waals surface area contributed by atoms with Crippen LogP contribution in [0.5, 0.6) is 0 Å².